The van der Waals surface area contributed by atoms with Gasteiger partial charge in [0.25, 0.3) is 11.8 Å². The van der Waals surface area contributed by atoms with Gasteiger partial charge in [-0.2, -0.15) is 26.3 Å². The molecular weight excluding hydrogens is 941 g/mol. The van der Waals surface area contributed by atoms with Crippen LogP contribution in [0.15, 0.2) is 84.9 Å². The molecule has 6 aromatic carbocycles. The van der Waals surface area contributed by atoms with Crippen LogP contribution in [-0.2, 0) is 40.3 Å². The van der Waals surface area contributed by atoms with Gasteiger partial charge in [-0.1, -0.05) is 60.7 Å². The van der Waals surface area contributed by atoms with Crippen LogP contribution in [0.2, 0.25) is 0 Å². The molecule has 2 heterocycles. The van der Waals surface area contributed by atoms with Crippen molar-refractivity contribution in [3.8, 4) is 23.0 Å². The average Bonchev–Trinajstić information content (AvgIpc) is 3.81. The van der Waals surface area contributed by atoms with Crippen LogP contribution < -0.4 is 28.7 Å². The summed E-state index contributed by atoms with van der Waals surface area (Å²) in [5.74, 6) is -4.39. The fourth-order valence-electron chi connectivity index (χ4n) is 8.26. The van der Waals surface area contributed by atoms with Crippen LogP contribution in [-0.4, -0.2) is 74.2 Å². The first-order chi connectivity index (χ1) is 33.2. The number of ether oxygens (including phenoxy) is 5. The van der Waals surface area contributed by atoms with Crippen LogP contribution in [0.5, 0.6) is 23.0 Å². The Morgan fingerprint density at radius 3 is 1.29 bits per heavy atom. The van der Waals surface area contributed by atoms with Crippen LogP contribution in [0.1, 0.15) is 63.7 Å². The Hall–Kier alpha value is -7.64. The van der Waals surface area contributed by atoms with Crippen LogP contribution in [0.25, 0.3) is 21.5 Å². The SMILES string of the molecule is CCOC(=O)Cc1ccc(N2Cc3c(c(OCC)c4ccccc4c3OCC(F)(F)F)C2=O)c(F)c1.CCOc1c2c(c(OCC(F)(F)F)c3ccccc13)CN(c1ccc(CC(=O)O)cc1F)C2=O. The fraction of sp³-hybridized carbons (Fsp3) is 0.280. The number of nitrogens with zero attached hydrogens (tertiary/aromatic N) is 2. The third-order valence-electron chi connectivity index (χ3n) is 10.9. The molecule has 70 heavy (non-hydrogen) atoms. The van der Waals surface area contributed by atoms with E-state index in [1.165, 1.54) is 24.3 Å². The zero-order chi connectivity index (χ0) is 50.7. The zero-order valence-corrected chi connectivity index (χ0v) is 37.5. The number of fused-ring (bicyclic) bond motifs is 4. The van der Waals surface area contributed by atoms with Crippen molar-refractivity contribution in [2.75, 3.05) is 42.8 Å². The molecule has 6 aromatic rings. The highest BCUT2D eigenvalue weighted by Crippen LogP contribution is 2.48. The van der Waals surface area contributed by atoms with Crippen molar-refractivity contribution in [2.24, 2.45) is 0 Å². The minimum atomic E-state index is -4.61. The Bertz CT molecular complexity index is 3010. The lowest BCUT2D eigenvalue weighted by Gasteiger charge is -2.18. The van der Waals surface area contributed by atoms with Gasteiger partial charge in [-0.25, -0.2) is 8.78 Å². The summed E-state index contributed by atoms with van der Waals surface area (Å²) in [4.78, 5) is 51.8. The van der Waals surface area contributed by atoms with Crippen molar-refractivity contribution in [3.05, 3.63) is 130 Å². The maximum Gasteiger partial charge on any atom is 0.422 e. The van der Waals surface area contributed by atoms with E-state index in [0.29, 0.717) is 27.1 Å². The Morgan fingerprint density at radius 2 is 0.943 bits per heavy atom. The number of amides is 2. The fourth-order valence-corrected chi connectivity index (χ4v) is 8.26. The standard InChI is InChI=1S/C26H23F4NO5.C24H19F4NO5/c1-3-34-21(32)12-15-9-10-20(19(27)11-15)31-13-18-22(25(31)33)24(35-4-2)17-8-6-5-7-16(17)23(18)36-14-26(28,29)30;1-2-33-22-15-6-4-3-5-14(15)21(34-12-24(26,27)28)16-11-29(23(32)20(16)22)18-8-7-13(9-17(18)25)10-19(30)31/h5-11H,3-4,12-14H2,1-2H3;3-9H,2,10-12H2,1H3,(H,30,31). The van der Waals surface area contributed by atoms with Gasteiger partial charge in [0, 0.05) is 32.7 Å². The quantitative estimate of drug-likeness (QED) is 0.0781. The van der Waals surface area contributed by atoms with Gasteiger partial charge in [0.05, 0.1) is 68.3 Å². The molecule has 20 heteroatoms. The Balaban J connectivity index is 0.000000207. The average molecular weight is 983 g/mol. The molecular formula is C50H42F8N2O10. The van der Waals surface area contributed by atoms with Gasteiger partial charge < -0.3 is 38.6 Å². The molecule has 0 atom stereocenters. The van der Waals surface area contributed by atoms with Gasteiger partial charge in [-0.05, 0) is 56.2 Å². The summed E-state index contributed by atoms with van der Waals surface area (Å²) in [7, 11) is 0. The van der Waals surface area contributed by atoms with E-state index in [1.807, 2.05) is 0 Å². The molecule has 0 saturated heterocycles. The lowest BCUT2D eigenvalue weighted by molar-refractivity contribution is -0.154. The Labute approximate surface area is 393 Å². The van der Waals surface area contributed by atoms with E-state index in [9.17, 15) is 49.9 Å². The second-order valence-electron chi connectivity index (χ2n) is 15.7. The molecule has 0 aliphatic carbocycles. The van der Waals surface area contributed by atoms with Crippen molar-refractivity contribution in [1.29, 1.82) is 0 Å². The normalized spacial score (nSPS) is 13.2. The summed E-state index contributed by atoms with van der Waals surface area (Å²) in [6.45, 7) is 2.06. The monoisotopic (exact) mass is 982 g/mol. The lowest BCUT2D eigenvalue weighted by atomic mass is 9.99. The summed E-state index contributed by atoms with van der Waals surface area (Å²) >= 11 is 0. The Morgan fingerprint density at radius 1 is 0.557 bits per heavy atom. The Kier molecular flexibility index (Phi) is 14.7. The number of alkyl halides is 6. The van der Waals surface area contributed by atoms with Crippen molar-refractivity contribution < 1.29 is 83.1 Å². The second kappa shape index (κ2) is 20.5. The number of anilines is 2. The van der Waals surface area contributed by atoms with Crippen molar-refractivity contribution in [3.63, 3.8) is 0 Å². The lowest BCUT2D eigenvalue weighted by Crippen LogP contribution is -2.24. The number of hydrogen-bond acceptors (Lipinski definition) is 9. The largest absolute Gasteiger partial charge is 0.492 e. The molecule has 0 aromatic heterocycles. The maximum absolute atomic E-state index is 15.1. The van der Waals surface area contributed by atoms with Crippen LogP contribution in [0, 0.1) is 11.6 Å². The number of aliphatic carboxylic acids is 1. The van der Waals surface area contributed by atoms with E-state index in [-0.39, 0.29) is 102 Å². The van der Waals surface area contributed by atoms with E-state index >= 15 is 4.39 Å². The van der Waals surface area contributed by atoms with Crippen LogP contribution >= 0.6 is 0 Å². The van der Waals surface area contributed by atoms with Gasteiger partial charge in [0.15, 0.2) is 13.2 Å². The molecule has 1 N–H and O–H groups in total. The van der Waals surface area contributed by atoms with Gasteiger partial charge in [0.2, 0.25) is 0 Å². The molecule has 0 spiro atoms. The van der Waals surface area contributed by atoms with E-state index in [4.69, 9.17) is 28.8 Å². The molecule has 0 bridgehead atoms. The number of hydrogen-bond donors (Lipinski definition) is 1. The molecule has 0 fully saturated rings. The first kappa shape index (κ1) is 50.2. The minimum absolute atomic E-state index is 0.00624. The first-order valence-electron chi connectivity index (χ1n) is 21.6. The number of rotatable bonds is 15. The summed E-state index contributed by atoms with van der Waals surface area (Å²) in [5.41, 5.74) is 0.712. The summed E-state index contributed by atoms with van der Waals surface area (Å²) in [6, 6.07) is 20.6. The zero-order valence-electron chi connectivity index (χ0n) is 37.5. The van der Waals surface area contributed by atoms with E-state index in [1.54, 1.807) is 69.3 Å². The first-order valence-corrected chi connectivity index (χ1v) is 21.6. The number of halogens is 8. The molecule has 12 nitrogen and oxygen atoms in total. The van der Waals surface area contributed by atoms with Crippen LogP contribution in [0.3, 0.4) is 0 Å². The maximum atomic E-state index is 15.1. The number of esters is 1. The van der Waals surface area contributed by atoms with Crippen molar-refractivity contribution >= 4 is 56.7 Å². The number of carbonyl (C=O) groups excluding carboxylic acids is 3. The van der Waals surface area contributed by atoms with Crippen LogP contribution in [0.4, 0.5) is 46.5 Å². The third-order valence-corrected chi connectivity index (χ3v) is 10.9. The van der Waals surface area contributed by atoms with E-state index in [2.05, 4.69) is 0 Å². The topological polar surface area (TPSA) is 141 Å². The predicted molar refractivity (Wildman–Crippen MR) is 239 cm³/mol. The second-order valence-corrected chi connectivity index (χ2v) is 15.7. The molecule has 2 aliphatic heterocycles. The van der Waals surface area contributed by atoms with Gasteiger partial charge >= 0.3 is 24.3 Å². The molecule has 0 saturated carbocycles. The van der Waals surface area contributed by atoms with Gasteiger partial charge in [-0.3, -0.25) is 19.2 Å². The minimum Gasteiger partial charge on any atom is -0.492 e. The third kappa shape index (κ3) is 10.6. The highest BCUT2D eigenvalue weighted by atomic mass is 19.4. The molecule has 0 unspecified atom stereocenters. The summed E-state index contributed by atoms with van der Waals surface area (Å²) in [6.07, 6.45) is -9.76. The highest BCUT2D eigenvalue weighted by Gasteiger charge is 2.41. The molecule has 0 radical (unpaired) electrons. The smallest absolute Gasteiger partial charge is 0.422 e. The highest BCUT2D eigenvalue weighted by molar-refractivity contribution is 6.18. The van der Waals surface area contributed by atoms with Gasteiger partial charge in [-0.15, -0.1) is 0 Å². The summed E-state index contributed by atoms with van der Waals surface area (Å²) < 4.78 is 135. The molecule has 2 amide bonds. The summed E-state index contributed by atoms with van der Waals surface area (Å²) in [5, 5.41) is 10.4. The molecule has 2 aliphatic rings. The predicted octanol–water partition coefficient (Wildman–Crippen LogP) is 10.7. The van der Waals surface area contributed by atoms with E-state index < -0.39 is 67.4 Å². The number of carboxylic acid groups (broad SMARTS) is 1. The van der Waals surface area contributed by atoms with Gasteiger partial charge in [0.1, 0.15) is 34.6 Å². The number of carboxylic acids is 1. The number of benzene rings is 6. The van der Waals surface area contributed by atoms with E-state index in [0.717, 1.165) is 21.9 Å². The van der Waals surface area contributed by atoms with Crippen molar-refractivity contribution in [1.82, 2.24) is 0 Å². The molecule has 368 valence electrons. The molecule has 8 rings (SSSR count). The van der Waals surface area contributed by atoms with Crippen molar-refractivity contribution in [2.45, 2.75) is 59.1 Å². The number of carbonyl (C=O) groups is 4.